The third-order valence-corrected chi connectivity index (χ3v) is 4.85. The number of benzene rings is 1. The summed E-state index contributed by atoms with van der Waals surface area (Å²) in [7, 11) is 0. The molecule has 0 heterocycles. The maximum atomic E-state index is 10.8. The maximum absolute atomic E-state index is 10.8. The molecule has 0 radical (unpaired) electrons. The first-order valence-electron chi connectivity index (χ1n) is 7.12. The molecule has 0 aromatic heterocycles. The van der Waals surface area contributed by atoms with Crippen molar-refractivity contribution in [2.45, 2.75) is 25.2 Å². The molecule has 0 saturated carbocycles. The van der Waals surface area contributed by atoms with Crippen LogP contribution in [-0.2, 0) is 11.2 Å². The molecule has 8 heteroatoms. The lowest BCUT2D eigenvalue weighted by molar-refractivity contribution is -0.137. The molecule has 6 nitrogen and oxygen atoms in total. The van der Waals surface area contributed by atoms with Gasteiger partial charge < -0.3 is 16.6 Å². The van der Waals surface area contributed by atoms with E-state index in [4.69, 9.17) is 27.4 Å². The predicted octanol–water partition coefficient (Wildman–Crippen LogP) is 2.43. The second-order valence-electron chi connectivity index (χ2n) is 5.01. The van der Waals surface area contributed by atoms with Crippen molar-refractivity contribution < 1.29 is 9.90 Å². The Balaban J connectivity index is 2.66. The van der Waals surface area contributed by atoms with Crippen LogP contribution in [0, 0.1) is 10.8 Å². The third-order valence-electron chi connectivity index (χ3n) is 3.25. The van der Waals surface area contributed by atoms with Crippen molar-refractivity contribution in [3.8, 4) is 0 Å². The number of aryl methyl sites for hydroxylation is 1. The minimum Gasteiger partial charge on any atom is -0.481 e. The minimum absolute atomic E-state index is 0.0446. The van der Waals surface area contributed by atoms with Gasteiger partial charge in [-0.2, -0.15) is 0 Å². The molecule has 1 aromatic carbocycles. The summed E-state index contributed by atoms with van der Waals surface area (Å²) < 4.78 is 0. The SMILES string of the molecule is N=C(N)SCCc1ccc([C@@H](CCC(=O)O)CSC(=N)N)cc1. The van der Waals surface area contributed by atoms with Crippen LogP contribution in [0.5, 0.6) is 0 Å². The van der Waals surface area contributed by atoms with Crippen molar-refractivity contribution >= 4 is 39.8 Å². The van der Waals surface area contributed by atoms with Crippen LogP contribution in [-0.4, -0.2) is 32.9 Å². The van der Waals surface area contributed by atoms with E-state index < -0.39 is 5.97 Å². The highest BCUT2D eigenvalue weighted by Crippen LogP contribution is 2.26. The fraction of sp³-hybridized carbons (Fsp3) is 0.400. The van der Waals surface area contributed by atoms with E-state index in [1.54, 1.807) is 0 Å². The highest BCUT2D eigenvalue weighted by Gasteiger charge is 2.14. The molecule has 0 fully saturated rings. The Kier molecular flexibility index (Phi) is 8.57. The molecule has 0 unspecified atom stereocenters. The number of nitrogens with one attached hydrogen (secondary N) is 2. The van der Waals surface area contributed by atoms with Crippen molar-refractivity contribution in [3.63, 3.8) is 0 Å². The van der Waals surface area contributed by atoms with Gasteiger partial charge >= 0.3 is 5.97 Å². The highest BCUT2D eigenvalue weighted by atomic mass is 32.2. The lowest BCUT2D eigenvalue weighted by atomic mass is 9.95. The quantitative estimate of drug-likeness (QED) is 0.341. The van der Waals surface area contributed by atoms with Gasteiger partial charge in [-0.1, -0.05) is 47.8 Å². The number of aliphatic carboxylic acids is 1. The lowest BCUT2D eigenvalue weighted by Gasteiger charge is -2.16. The molecule has 1 atom stereocenters. The summed E-state index contributed by atoms with van der Waals surface area (Å²) in [6, 6.07) is 8.03. The molecule has 7 N–H and O–H groups in total. The van der Waals surface area contributed by atoms with Gasteiger partial charge in [-0.15, -0.1) is 0 Å². The second-order valence-corrected chi connectivity index (χ2v) is 7.21. The Labute approximate surface area is 144 Å². The number of nitrogens with two attached hydrogens (primary N) is 2. The van der Waals surface area contributed by atoms with E-state index in [-0.39, 0.29) is 22.7 Å². The Hall–Kier alpha value is -1.67. The van der Waals surface area contributed by atoms with Crippen molar-refractivity contribution in [1.82, 2.24) is 0 Å². The monoisotopic (exact) mass is 354 g/mol. The van der Waals surface area contributed by atoms with E-state index in [1.807, 2.05) is 24.3 Å². The van der Waals surface area contributed by atoms with Gasteiger partial charge in [-0.05, 0) is 29.9 Å². The average molecular weight is 355 g/mol. The number of carboxylic acids is 1. The Morgan fingerprint density at radius 1 is 1.13 bits per heavy atom. The average Bonchev–Trinajstić information content (AvgIpc) is 2.47. The number of carbonyl (C=O) groups is 1. The zero-order chi connectivity index (χ0) is 17.2. The lowest BCUT2D eigenvalue weighted by Crippen LogP contribution is -2.11. The molecular weight excluding hydrogens is 332 g/mol. The predicted molar refractivity (Wildman–Crippen MR) is 98.5 cm³/mol. The molecule has 0 aliphatic heterocycles. The van der Waals surface area contributed by atoms with Crippen LogP contribution in [0.1, 0.15) is 29.9 Å². The van der Waals surface area contributed by atoms with E-state index in [9.17, 15) is 4.79 Å². The van der Waals surface area contributed by atoms with Crippen LogP contribution < -0.4 is 11.5 Å². The number of carboxylic acid groups (broad SMARTS) is 1. The van der Waals surface area contributed by atoms with E-state index in [0.717, 1.165) is 23.3 Å². The highest BCUT2D eigenvalue weighted by molar-refractivity contribution is 8.13. The number of thioether (sulfide) groups is 2. The maximum Gasteiger partial charge on any atom is 0.303 e. The van der Waals surface area contributed by atoms with Gasteiger partial charge in [0, 0.05) is 17.9 Å². The van der Waals surface area contributed by atoms with E-state index in [1.165, 1.54) is 23.5 Å². The first kappa shape index (κ1) is 19.4. The molecule has 0 bridgehead atoms. The Morgan fingerprint density at radius 3 is 2.26 bits per heavy atom. The van der Waals surface area contributed by atoms with Gasteiger partial charge in [-0.25, -0.2) is 0 Å². The third kappa shape index (κ3) is 8.51. The van der Waals surface area contributed by atoms with Gasteiger partial charge in [0.15, 0.2) is 10.3 Å². The van der Waals surface area contributed by atoms with Gasteiger partial charge in [0.25, 0.3) is 0 Å². The van der Waals surface area contributed by atoms with E-state index >= 15 is 0 Å². The fourth-order valence-electron chi connectivity index (χ4n) is 2.07. The minimum atomic E-state index is -0.819. The Bertz CT molecular complexity index is 531. The van der Waals surface area contributed by atoms with Crippen molar-refractivity contribution in [1.29, 1.82) is 10.8 Å². The van der Waals surface area contributed by atoms with Gasteiger partial charge in [-0.3, -0.25) is 15.6 Å². The second kappa shape index (κ2) is 10.2. The van der Waals surface area contributed by atoms with Crippen LogP contribution in [0.3, 0.4) is 0 Å². The molecular formula is C15H22N4O2S2. The summed E-state index contributed by atoms with van der Waals surface area (Å²) in [5.74, 6) is 0.598. The first-order valence-corrected chi connectivity index (χ1v) is 9.10. The molecule has 0 aliphatic rings. The van der Waals surface area contributed by atoms with E-state index in [2.05, 4.69) is 0 Å². The zero-order valence-electron chi connectivity index (χ0n) is 12.7. The van der Waals surface area contributed by atoms with Gasteiger partial charge in [0.2, 0.25) is 0 Å². The summed E-state index contributed by atoms with van der Waals surface area (Å²) in [6.45, 7) is 0. The van der Waals surface area contributed by atoms with Crippen molar-refractivity contribution in [3.05, 3.63) is 35.4 Å². The smallest absolute Gasteiger partial charge is 0.303 e. The largest absolute Gasteiger partial charge is 0.481 e. The molecule has 0 spiro atoms. The first-order chi connectivity index (χ1) is 10.9. The summed E-state index contributed by atoms with van der Waals surface area (Å²) in [6.07, 6.45) is 1.45. The standard InChI is InChI=1S/C15H22N4O2S2/c16-14(17)22-8-7-10-1-3-11(4-2-10)12(5-6-13(20)21)9-23-15(18)19/h1-4,12H,5-9H2,(H3,16,17)(H3,18,19)(H,20,21)/t12-/m0/s1. The number of rotatable bonds is 9. The number of hydrogen-bond donors (Lipinski definition) is 5. The van der Waals surface area contributed by atoms with Crippen LogP contribution in [0.2, 0.25) is 0 Å². The molecule has 0 saturated heterocycles. The van der Waals surface area contributed by atoms with E-state index in [0.29, 0.717) is 12.2 Å². The van der Waals surface area contributed by atoms with Crippen molar-refractivity contribution in [2.24, 2.45) is 11.5 Å². The number of amidine groups is 2. The summed E-state index contributed by atoms with van der Waals surface area (Å²) in [5, 5.41) is 23.5. The molecule has 126 valence electrons. The number of hydrogen-bond acceptors (Lipinski definition) is 5. The summed E-state index contributed by atoms with van der Waals surface area (Å²) in [5.41, 5.74) is 12.9. The van der Waals surface area contributed by atoms with Crippen molar-refractivity contribution in [2.75, 3.05) is 11.5 Å². The van der Waals surface area contributed by atoms with Crippen LogP contribution in [0.25, 0.3) is 0 Å². The molecule has 0 amide bonds. The Morgan fingerprint density at radius 2 is 1.74 bits per heavy atom. The molecule has 1 aromatic rings. The molecule has 23 heavy (non-hydrogen) atoms. The molecule has 1 rings (SSSR count). The van der Waals surface area contributed by atoms with Gasteiger partial charge in [0.05, 0.1) is 0 Å². The summed E-state index contributed by atoms with van der Waals surface area (Å²) >= 11 is 2.55. The van der Waals surface area contributed by atoms with Crippen LogP contribution in [0.4, 0.5) is 0 Å². The normalized spacial score (nSPS) is 11.8. The van der Waals surface area contributed by atoms with Crippen LogP contribution >= 0.6 is 23.5 Å². The topological polar surface area (TPSA) is 137 Å². The molecule has 0 aliphatic carbocycles. The fourth-order valence-corrected chi connectivity index (χ4v) is 3.37. The zero-order valence-corrected chi connectivity index (χ0v) is 14.4. The van der Waals surface area contributed by atoms with Gasteiger partial charge in [0.1, 0.15) is 0 Å². The van der Waals surface area contributed by atoms with Crippen LogP contribution in [0.15, 0.2) is 24.3 Å². The summed E-state index contributed by atoms with van der Waals surface area (Å²) in [4.78, 5) is 10.8.